The van der Waals surface area contributed by atoms with Crippen molar-refractivity contribution in [2.24, 2.45) is 0 Å². The van der Waals surface area contributed by atoms with Crippen LogP contribution in [0, 0.1) is 11.3 Å². The first kappa shape index (κ1) is 16.8. The Hall–Kier alpha value is -2.55. The molecular weight excluding hydrogens is 292 g/mol. The summed E-state index contributed by atoms with van der Waals surface area (Å²) in [6.45, 7) is 3.73. The SMILES string of the molecule is CC(C)NC(=O)Nc1cccc(C(=O)NC2(C#N)CCCC2)c1. The second-order valence-electron chi connectivity index (χ2n) is 6.19. The van der Waals surface area contributed by atoms with Crippen LogP contribution in [0.15, 0.2) is 24.3 Å². The third-order valence-electron chi connectivity index (χ3n) is 3.83. The van der Waals surface area contributed by atoms with Gasteiger partial charge in [0.15, 0.2) is 0 Å². The van der Waals surface area contributed by atoms with Gasteiger partial charge in [0.2, 0.25) is 0 Å². The molecule has 6 heteroatoms. The molecule has 0 spiro atoms. The van der Waals surface area contributed by atoms with E-state index in [9.17, 15) is 14.9 Å². The van der Waals surface area contributed by atoms with Crippen molar-refractivity contribution in [1.82, 2.24) is 10.6 Å². The van der Waals surface area contributed by atoms with Crippen LogP contribution in [-0.4, -0.2) is 23.5 Å². The smallest absolute Gasteiger partial charge is 0.319 e. The molecule has 3 N–H and O–H groups in total. The lowest BCUT2D eigenvalue weighted by Gasteiger charge is -2.22. The quantitative estimate of drug-likeness (QED) is 0.797. The lowest BCUT2D eigenvalue weighted by molar-refractivity contribution is 0.0920. The first-order valence-electron chi connectivity index (χ1n) is 7.85. The Balaban J connectivity index is 2.05. The van der Waals surface area contributed by atoms with E-state index < -0.39 is 5.54 Å². The molecule has 3 amide bonds. The summed E-state index contributed by atoms with van der Waals surface area (Å²) < 4.78 is 0. The highest BCUT2D eigenvalue weighted by atomic mass is 16.2. The molecule has 0 bridgehead atoms. The predicted octanol–water partition coefficient (Wildman–Crippen LogP) is 2.78. The van der Waals surface area contributed by atoms with E-state index in [1.54, 1.807) is 24.3 Å². The van der Waals surface area contributed by atoms with Crippen molar-refractivity contribution in [3.8, 4) is 6.07 Å². The van der Waals surface area contributed by atoms with Crippen LogP contribution in [0.5, 0.6) is 0 Å². The van der Waals surface area contributed by atoms with Crippen molar-refractivity contribution in [2.75, 3.05) is 5.32 Å². The van der Waals surface area contributed by atoms with Gasteiger partial charge in [0.05, 0.1) is 6.07 Å². The van der Waals surface area contributed by atoms with Crippen LogP contribution in [0.25, 0.3) is 0 Å². The van der Waals surface area contributed by atoms with Gasteiger partial charge in [0.1, 0.15) is 5.54 Å². The van der Waals surface area contributed by atoms with Crippen LogP contribution in [-0.2, 0) is 0 Å². The Morgan fingerprint density at radius 3 is 2.57 bits per heavy atom. The molecule has 2 rings (SSSR count). The summed E-state index contributed by atoms with van der Waals surface area (Å²) in [5.41, 5.74) is 0.206. The Labute approximate surface area is 136 Å². The molecule has 122 valence electrons. The van der Waals surface area contributed by atoms with Crippen molar-refractivity contribution in [2.45, 2.75) is 51.1 Å². The zero-order valence-corrected chi connectivity index (χ0v) is 13.5. The second-order valence-corrected chi connectivity index (χ2v) is 6.19. The first-order chi connectivity index (χ1) is 10.9. The Morgan fingerprint density at radius 2 is 1.96 bits per heavy atom. The highest BCUT2D eigenvalue weighted by Gasteiger charge is 2.35. The van der Waals surface area contributed by atoms with Crippen molar-refractivity contribution in [3.05, 3.63) is 29.8 Å². The molecule has 0 aliphatic heterocycles. The van der Waals surface area contributed by atoms with Gasteiger partial charge in [0, 0.05) is 17.3 Å². The maximum absolute atomic E-state index is 12.4. The largest absolute Gasteiger partial charge is 0.336 e. The number of amides is 3. The number of anilines is 1. The summed E-state index contributed by atoms with van der Waals surface area (Å²) in [7, 11) is 0. The lowest BCUT2D eigenvalue weighted by Crippen LogP contribution is -2.45. The van der Waals surface area contributed by atoms with E-state index in [2.05, 4.69) is 22.0 Å². The van der Waals surface area contributed by atoms with Crippen LogP contribution >= 0.6 is 0 Å². The number of benzene rings is 1. The standard InChI is InChI=1S/C17H22N4O2/c1-12(2)19-16(23)20-14-7-5-6-13(10-14)15(22)21-17(11-18)8-3-4-9-17/h5-7,10,12H,3-4,8-9H2,1-2H3,(H,21,22)(H2,19,20,23). The zero-order chi connectivity index (χ0) is 16.9. The molecule has 23 heavy (non-hydrogen) atoms. The average molecular weight is 314 g/mol. The summed E-state index contributed by atoms with van der Waals surface area (Å²) in [5, 5.41) is 17.6. The summed E-state index contributed by atoms with van der Waals surface area (Å²) in [5.74, 6) is -0.290. The Bertz CT molecular complexity index is 628. The molecule has 6 nitrogen and oxygen atoms in total. The molecule has 1 fully saturated rings. The normalized spacial score (nSPS) is 15.7. The number of hydrogen-bond acceptors (Lipinski definition) is 3. The third-order valence-corrected chi connectivity index (χ3v) is 3.83. The number of rotatable bonds is 4. The number of nitrogens with zero attached hydrogens (tertiary/aromatic N) is 1. The molecule has 1 aromatic carbocycles. The van der Waals surface area contributed by atoms with Gasteiger partial charge in [0.25, 0.3) is 5.91 Å². The number of nitriles is 1. The summed E-state index contributed by atoms with van der Waals surface area (Å²) in [4.78, 5) is 24.1. The molecule has 1 aromatic rings. The molecule has 0 aromatic heterocycles. The van der Waals surface area contributed by atoms with Crippen LogP contribution < -0.4 is 16.0 Å². The molecule has 1 aliphatic carbocycles. The third kappa shape index (κ3) is 4.46. The first-order valence-corrected chi connectivity index (χ1v) is 7.85. The fourth-order valence-electron chi connectivity index (χ4n) is 2.70. The number of urea groups is 1. The molecule has 0 saturated heterocycles. The van der Waals surface area contributed by atoms with E-state index in [-0.39, 0.29) is 18.0 Å². The van der Waals surface area contributed by atoms with Crippen LogP contribution in [0.2, 0.25) is 0 Å². The van der Waals surface area contributed by atoms with Crippen molar-refractivity contribution in [3.63, 3.8) is 0 Å². The van der Waals surface area contributed by atoms with Gasteiger partial charge in [-0.25, -0.2) is 4.79 Å². The van der Waals surface area contributed by atoms with Gasteiger partial charge < -0.3 is 16.0 Å². The van der Waals surface area contributed by atoms with E-state index in [0.717, 1.165) is 12.8 Å². The molecule has 0 heterocycles. The molecule has 0 radical (unpaired) electrons. The topological polar surface area (TPSA) is 94.0 Å². The Kier molecular flexibility index (Phi) is 5.22. The van der Waals surface area contributed by atoms with Gasteiger partial charge in [-0.05, 0) is 57.7 Å². The fourth-order valence-corrected chi connectivity index (χ4v) is 2.70. The van der Waals surface area contributed by atoms with Crippen LogP contribution in [0.3, 0.4) is 0 Å². The van der Waals surface area contributed by atoms with Crippen LogP contribution in [0.4, 0.5) is 10.5 Å². The van der Waals surface area contributed by atoms with Gasteiger partial charge in [-0.1, -0.05) is 6.07 Å². The average Bonchev–Trinajstić information content (AvgIpc) is 2.95. The predicted molar refractivity (Wildman–Crippen MR) is 88.0 cm³/mol. The second kappa shape index (κ2) is 7.14. The number of nitrogens with one attached hydrogen (secondary N) is 3. The fraction of sp³-hybridized carbons (Fsp3) is 0.471. The summed E-state index contributed by atoms with van der Waals surface area (Å²) in [6, 6.07) is 8.63. The van der Waals surface area contributed by atoms with Gasteiger partial charge in [-0.15, -0.1) is 0 Å². The Morgan fingerprint density at radius 1 is 1.26 bits per heavy atom. The minimum Gasteiger partial charge on any atom is -0.336 e. The minimum atomic E-state index is -0.754. The van der Waals surface area contributed by atoms with E-state index in [1.165, 1.54) is 0 Å². The monoisotopic (exact) mass is 314 g/mol. The van der Waals surface area contributed by atoms with Gasteiger partial charge >= 0.3 is 6.03 Å². The molecular formula is C17H22N4O2. The number of carbonyl (C=O) groups is 2. The minimum absolute atomic E-state index is 0.0272. The number of carbonyl (C=O) groups excluding carboxylic acids is 2. The van der Waals surface area contributed by atoms with E-state index in [1.807, 2.05) is 13.8 Å². The molecule has 1 aliphatic rings. The van der Waals surface area contributed by atoms with E-state index in [4.69, 9.17) is 0 Å². The van der Waals surface area contributed by atoms with Crippen molar-refractivity contribution < 1.29 is 9.59 Å². The van der Waals surface area contributed by atoms with E-state index in [0.29, 0.717) is 24.1 Å². The van der Waals surface area contributed by atoms with Crippen molar-refractivity contribution >= 4 is 17.6 Å². The van der Waals surface area contributed by atoms with Gasteiger partial charge in [-0.2, -0.15) is 5.26 Å². The molecule has 0 atom stereocenters. The zero-order valence-electron chi connectivity index (χ0n) is 13.5. The van der Waals surface area contributed by atoms with Crippen molar-refractivity contribution in [1.29, 1.82) is 5.26 Å². The van der Waals surface area contributed by atoms with Gasteiger partial charge in [-0.3, -0.25) is 4.79 Å². The maximum Gasteiger partial charge on any atom is 0.319 e. The number of hydrogen-bond donors (Lipinski definition) is 3. The highest BCUT2D eigenvalue weighted by molar-refractivity contribution is 5.97. The highest BCUT2D eigenvalue weighted by Crippen LogP contribution is 2.29. The summed E-state index contributed by atoms with van der Waals surface area (Å²) >= 11 is 0. The molecule has 1 saturated carbocycles. The summed E-state index contributed by atoms with van der Waals surface area (Å²) in [6.07, 6.45) is 3.27. The van der Waals surface area contributed by atoms with E-state index >= 15 is 0 Å². The molecule has 0 unspecified atom stereocenters. The lowest BCUT2D eigenvalue weighted by atomic mass is 9.99. The van der Waals surface area contributed by atoms with Crippen LogP contribution in [0.1, 0.15) is 49.9 Å². The maximum atomic E-state index is 12.4.